The molecule has 0 aliphatic rings. The Morgan fingerprint density at radius 1 is 1.53 bits per heavy atom. The van der Waals surface area contributed by atoms with Gasteiger partial charge in [0.05, 0.1) is 5.69 Å². The van der Waals surface area contributed by atoms with Crippen LogP contribution in [-0.4, -0.2) is 24.6 Å². The summed E-state index contributed by atoms with van der Waals surface area (Å²) < 4.78 is 5.48. The van der Waals surface area contributed by atoms with E-state index in [2.05, 4.69) is 35.6 Å². The summed E-state index contributed by atoms with van der Waals surface area (Å²) in [7, 11) is 0. The molecule has 0 bridgehead atoms. The molecule has 0 aromatic carbocycles. The number of hydrogen-bond donors (Lipinski definition) is 1. The first-order valence-electron chi connectivity index (χ1n) is 6.21. The predicted octanol–water partition coefficient (Wildman–Crippen LogP) is 2.58. The van der Waals surface area contributed by atoms with Crippen molar-refractivity contribution in [1.29, 1.82) is 0 Å². The summed E-state index contributed by atoms with van der Waals surface area (Å²) >= 11 is 0. The van der Waals surface area contributed by atoms with Crippen LogP contribution >= 0.6 is 0 Å². The number of nitrogens with zero attached hydrogens (tertiary/aromatic N) is 2. The van der Waals surface area contributed by atoms with Crippen molar-refractivity contribution < 1.29 is 4.42 Å². The highest BCUT2D eigenvalue weighted by Crippen LogP contribution is 2.14. The van der Waals surface area contributed by atoms with Gasteiger partial charge in [-0.25, -0.2) is 0 Å². The van der Waals surface area contributed by atoms with E-state index in [-0.39, 0.29) is 0 Å². The summed E-state index contributed by atoms with van der Waals surface area (Å²) in [6, 6.07) is 0.684. The summed E-state index contributed by atoms with van der Waals surface area (Å²) in [5, 5.41) is 3.30. The summed E-state index contributed by atoms with van der Waals surface area (Å²) in [6.45, 7) is 13.6. The zero-order chi connectivity index (χ0) is 12.7. The molecule has 0 radical (unpaired) electrons. The highest BCUT2D eigenvalue weighted by Gasteiger charge is 2.11. The standard InChI is InChI=1S/C13H23N3O/c1-5-7-14-8-12-10-17-13(15-12)16(6-2)9-11(3)4/h10,14H,3,5-9H2,1-2,4H3. The Balaban J connectivity index is 2.55. The number of oxazole rings is 1. The SMILES string of the molecule is C=C(C)CN(CC)c1nc(CNCCC)co1. The van der Waals surface area contributed by atoms with Crippen LogP contribution in [0.25, 0.3) is 0 Å². The van der Waals surface area contributed by atoms with Crippen LogP contribution in [0, 0.1) is 0 Å². The summed E-state index contributed by atoms with van der Waals surface area (Å²) in [5.41, 5.74) is 2.06. The molecule has 0 amide bonds. The van der Waals surface area contributed by atoms with Crippen LogP contribution < -0.4 is 10.2 Å². The predicted molar refractivity (Wildman–Crippen MR) is 71.2 cm³/mol. The highest BCUT2D eigenvalue weighted by atomic mass is 16.4. The molecular formula is C13H23N3O. The van der Waals surface area contributed by atoms with E-state index < -0.39 is 0 Å². The number of nitrogens with one attached hydrogen (secondary N) is 1. The Kier molecular flexibility index (Phi) is 5.77. The van der Waals surface area contributed by atoms with Crippen molar-refractivity contribution in [3.63, 3.8) is 0 Å². The Morgan fingerprint density at radius 3 is 2.88 bits per heavy atom. The lowest BCUT2D eigenvalue weighted by atomic mass is 10.3. The maximum Gasteiger partial charge on any atom is 0.297 e. The molecule has 0 fully saturated rings. The van der Waals surface area contributed by atoms with Crippen molar-refractivity contribution in [3.05, 3.63) is 24.1 Å². The minimum Gasteiger partial charge on any atom is -0.432 e. The van der Waals surface area contributed by atoms with Crippen LogP contribution in [0.3, 0.4) is 0 Å². The van der Waals surface area contributed by atoms with E-state index in [1.807, 2.05) is 6.92 Å². The Morgan fingerprint density at radius 2 is 2.29 bits per heavy atom. The van der Waals surface area contributed by atoms with E-state index in [0.717, 1.165) is 43.9 Å². The number of likely N-dealkylation sites (N-methyl/N-ethyl adjacent to an activating group) is 1. The van der Waals surface area contributed by atoms with E-state index in [1.54, 1.807) is 6.26 Å². The van der Waals surface area contributed by atoms with Crippen molar-refractivity contribution in [2.24, 2.45) is 0 Å². The quantitative estimate of drug-likeness (QED) is 0.557. The molecule has 0 spiro atoms. The van der Waals surface area contributed by atoms with Crippen LogP contribution in [0.5, 0.6) is 0 Å². The second-order valence-corrected chi connectivity index (χ2v) is 4.27. The molecule has 1 aromatic heterocycles. The van der Waals surface area contributed by atoms with Gasteiger partial charge in [-0.15, -0.1) is 0 Å². The van der Waals surface area contributed by atoms with Gasteiger partial charge in [0.15, 0.2) is 0 Å². The minimum atomic E-state index is 0.684. The average Bonchev–Trinajstić information content (AvgIpc) is 2.74. The van der Waals surface area contributed by atoms with Crippen LogP contribution in [0.2, 0.25) is 0 Å². The molecule has 0 saturated heterocycles. The molecule has 1 heterocycles. The van der Waals surface area contributed by atoms with Crippen molar-refractivity contribution in [3.8, 4) is 0 Å². The summed E-state index contributed by atoms with van der Waals surface area (Å²) in [5.74, 6) is 0. The average molecular weight is 237 g/mol. The zero-order valence-electron chi connectivity index (χ0n) is 11.1. The van der Waals surface area contributed by atoms with Gasteiger partial charge in [0, 0.05) is 19.6 Å². The van der Waals surface area contributed by atoms with Gasteiger partial charge < -0.3 is 14.6 Å². The van der Waals surface area contributed by atoms with Gasteiger partial charge in [-0.3, -0.25) is 0 Å². The van der Waals surface area contributed by atoms with Crippen LogP contribution in [0.15, 0.2) is 22.8 Å². The molecule has 0 aliphatic carbocycles. The first-order chi connectivity index (χ1) is 8.17. The van der Waals surface area contributed by atoms with Gasteiger partial charge in [-0.1, -0.05) is 19.1 Å². The Labute approximate surface area is 104 Å². The normalized spacial score (nSPS) is 10.5. The molecule has 1 rings (SSSR count). The second kappa shape index (κ2) is 7.12. The van der Waals surface area contributed by atoms with Crippen LogP contribution in [0.1, 0.15) is 32.9 Å². The Hall–Kier alpha value is -1.29. The largest absolute Gasteiger partial charge is 0.432 e. The molecule has 4 nitrogen and oxygen atoms in total. The fourth-order valence-electron chi connectivity index (χ4n) is 1.56. The number of hydrogen-bond acceptors (Lipinski definition) is 4. The van der Waals surface area contributed by atoms with E-state index >= 15 is 0 Å². The van der Waals surface area contributed by atoms with Crippen molar-refractivity contribution >= 4 is 6.01 Å². The van der Waals surface area contributed by atoms with Gasteiger partial charge in [0.1, 0.15) is 6.26 Å². The molecular weight excluding hydrogens is 214 g/mol. The fraction of sp³-hybridized carbons (Fsp3) is 0.615. The third-order valence-electron chi connectivity index (χ3n) is 2.39. The maximum absolute atomic E-state index is 5.48. The maximum atomic E-state index is 5.48. The summed E-state index contributed by atoms with van der Waals surface area (Å²) in [4.78, 5) is 6.54. The minimum absolute atomic E-state index is 0.684. The number of anilines is 1. The van der Waals surface area contributed by atoms with Crippen molar-refractivity contribution in [2.75, 3.05) is 24.5 Å². The molecule has 17 heavy (non-hydrogen) atoms. The van der Waals surface area contributed by atoms with E-state index in [1.165, 1.54) is 0 Å². The van der Waals surface area contributed by atoms with Crippen molar-refractivity contribution in [2.45, 2.75) is 33.7 Å². The Bertz CT molecular complexity index is 346. The van der Waals surface area contributed by atoms with Crippen LogP contribution in [-0.2, 0) is 6.54 Å². The molecule has 1 aromatic rings. The van der Waals surface area contributed by atoms with E-state index in [4.69, 9.17) is 4.42 Å². The first kappa shape index (κ1) is 13.8. The van der Waals surface area contributed by atoms with Gasteiger partial charge in [-0.2, -0.15) is 4.98 Å². The topological polar surface area (TPSA) is 41.3 Å². The van der Waals surface area contributed by atoms with Gasteiger partial charge in [0.2, 0.25) is 0 Å². The van der Waals surface area contributed by atoms with Crippen LogP contribution in [0.4, 0.5) is 6.01 Å². The molecule has 0 atom stereocenters. The summed E-state index contributed by atoms with van der Waals surface area (Å²) in [6.07, 6.45) is 2.85. The monoisotopic (exact) mass is 237 g/mol. The second-order valence-electron chi connectivity index (χ2n) is 4.27. The lowest BCUT2D eigenvalue weighted by molar-refractivity contribution is 0.539. The first-order valence-corrected chi connectivity index (χ1v) is 6.21. The lowest BCUT2D eigenvalue weighted by Gasteiger charge is -2.17. The number of aromatic nitrogens is 1. The van der Waals surface area contributed by atoms with E-state index in [9.17, 15) is 0 Å². The molecule has 0 unspecified atom stereocenters. The lowest BCUT2D eigenvalue weighted by Crippen LogP contribution is -2.24. The number of rotatable bonds is 8. The smallest absolute Gasteiger partial charge is 0.297 e. The highest BCUT2D eigenvalue weighted by molar-refractivity contribution is 5.29. The zero-order valence-corrected chi connectivity index (χ0v) is 11.1. The van der Waals surface area contributed by atoms with Crippen molar-refractivity contribution in [1.82, 2.24) is 10.3 Å². The van der Waals surface area contributed by atoms with Gasteiger partial charge in [-0.05, 0) is 26.8 Å². The third kappa shape index (κ3) is 4.61. The van der Waals surface area contributed by atoms with E-state index in [0.29, 0.717) is 6.01 Å². The molecule has 1 N–H and O–H groups in total. The molecule has 0 aliphatic heterocycles. The van der Waals surface area contributed by atoms with Gasteiger partial charge >= 0.3 is 0 Å². The fourth-order valence-corrected chi connectivity index (χ4v) is 1.56. The van der Waals surface area contributed by atoms with Gasteiger partial charge in [0.25, 0.3) is 6.01 Å². The molecule has 96 valence electrons. The molecule has 4 heteroatoms. The third-order valence-corrected chi connectivity index (χ3v) is 2.39. The molecule has 0 saturated carbocycles.